The van der Waals surface area contributed by atoms with Gasteiger partial charge in [0, 0.05) is 11.3 Å². The second-order valence-corrected chi connectivity index (χ2v) is 12.6. The third-order valence-electron chi connectivity index (χ3n) is 8.16. The van der Waals surface area contributed by atoms with Crippen LogP contribution in [0.2, 0.25) is 5.02 Å². The molecular formula is C28H33ClN2O5S. The standard InChI is InChI=1S/C28H33ClN2O5S/c1-3-18(17-32)31-23-25(34)30(20-12-7-6-11-19(20)29)15-10-14-28(23)21(24(31)33)22-26(35)36-16-9-5-4-8-13-27(22,2)37-28/h6-8,10-14,18,21-23,32H,3-5,9,15-17H2,1-2H3/b13-8-/t18-,21-,22-,23?,27+,28-/m0/s1. The molecule has 1 spiro atoms. The number of carbonyl (C=O) groups excluding carboxylic acids is 3. The summed E-state index contributed by atoms with van der Waals surface area (Å²) >= 11 is 8.01. The highest BCUT2D eigenvalue weighted by molar-refractivity contribution is 8.02. The van der Waals surface area contributed by atoms with E-state index in [9.17, 15) is 19.5 Å². The van der Waals surface area contributed by atoms with E-state index in [0.717, 1.165) is 19.3 Å². The number of rotatable bonds is 4. The van der Waals surface area contributed by atoms with Gasteiger partial charge in [0.25, 0.3) is 5.91 Å². The third-order valence-corrected chi connectivity index (χ3v) is 10.3. The SMILES string of the molecule is CC[C@@H](CO)N1C(=O)[C@@H]2[C@H]3C(=O)OCCCC/C=C\[C@@]3(C)S[C@@]23C=CCN(c2ccccc2Cl)C(=O)C13. The number of amides is 2. The molecule has 0 aromatic heterocycles. The molecule has 2 amide bonds. The molecule has 2 saturated heterocycles. The number of aliphatic hydroxyl groups is 1. The van der Waals surface area contributed by atoms with Crippen LogP contribution in [0.3, 0.4) is 0 Å². The monoisotopic (exact) mass is 544 g/mol. The lowest BCUT2D eigenvalue weighted by Gasteiger charge is -2.39. The number of allylic oxidation sites excluding steroid dienone is 1. The number of anilines is 1. The molecule has 0 aliphatic carbocycles. The number of cyclic esters (lactones) is 1. The number of likely N-dealkylation sites (tertiary alicyclic amines) is 1. The molecular weight excluding hydrogens is 512 g/mol. The van der Waals surface area contributed by atoms with Gasteiger partial charge in [-0.05, 0) is 44.7 Å². The highest BCUT2D eigenvalue weighted by Gasteiger charge is 2.74. The first-order valence-corrected chi connectivity index (χ1v) is 14.2. The van der Waals surface area contributed by atoms with E-state index in [4.69, 9.17) is 16.3 Å². The van der Waals surface area contributed by atoms with Crippen LogP contribution in [0.5, 0.6) is 0 Å². The van der Waals surface area contributed by atoms with Crippen molar-refractivity contribution >= 4 is 46.8 Å². The number of carbonyl (C=O) groups is 3. The Kier molecular flexibility index (Phi) is 7.20. The van der Waals surface area contributed by atoms with Gasteiger partial charge in [0.05, 0.1) is 46.5 Å². The summed E-state index contributed by atoms with van der Waals surface area (Å²) in [5, 5.41) is 10.7. The molecule has 4 aliphatic rings. The van der Waals surface area contributed by atoms with Gasteiger partial charge in [0.1, 0.15) is 6.04 Å². The van der Waals surface area contributed by atoms with Crippen molar-refractivity contribution in [1.82, 2.24) is 4.90 Å². The average Bonchev–Trinajstić information content (AvgIpc) is 3.21. The summed E-state index contributed by atoms with van der Waals surface area (Å²) in [6, 6.07) is 5.69. The average molecular weight is 545 g/mol. The minimum absolute atomic E-state index is 0.266. The Balaban J connectivity index is 1.68. The van der Waals surface area contributed by atoms with Gasteiger partial charge in [-0.2, -0.15) is 0 Å². The highest BCUT2D eigenvalue weighted by atomic mass is 35.5. The van der Waals surface area contributed by atoms with Crippen molar-refractivity contribution in [3.8, 4) is 0 Å². The van der Waals surface area contributed by atoms with E-state index < -0.39 is 39.4 Å². The van der Waals surface area contributed by atoms with Crippen molar-refractivity contribution in [2.75, 3.05) is 24.7 Å². The van der Waals surface area contributed by atoms with Gasteiger partial charge in [-0.15, -0.1) is 11.8 Å². The van der Waals surface area contributed by atoms with Crippen molar-refractivity contribution in [3.63, 3.8) is 0 Å². The quantitative estimate of drug-likeness (QED) is 0.456. The molecule has 37 heavy (non-hydrogen) atoms. The lowest BCUT2D eigenvalue weighted by molar-refractivity contribution is -0.154. The summed E-state index contributed by atoms with van der Waals surface area (Å²) in [4.78, 5) is 45.5. The summed E-state index contributed by atoms with van der Waals surface area (Å²) in [6.45, 7) is 4.18. The van der Waals surface area contributed by atoms with Gasteiger partial charge in [-0.1, -0.05) is 55.0 Å². The van der Waals surface area contributed by atoms with Gasteiger partial charge in [-0.25, -0.2) is 0 Å². The van der Waals surface area contributed by atoms with Crippen LogP contribution in [0, 0.1) is 11.8 Å². The molecule has 1 aromatic carbocycles. The highest BCUT2D eigenvalue weighted by Crippen LogP contribution is 2.65. The summed E-state index contributed by atoms with van der Waals surface area (Å²) in [7, 11) is 0. The Bertz CT molecular complexity index is 1150. The van der Waals surface area contributed by atoms with Crippen molar-refractivity contribution < 1.29 is 24.2 Å². The number of aliphatic hydroxyl groups excluding tert-OH is 1. The van der Waals surface area contributed by atoms with Crippen LogP contribution in [-0.2, 0) is 19.1 Å². The topological polar surface area (TPSA) is 87.2 Å². The zero-order chi connectivity index (χ0) is 26.4. The van der Waals surface area contributed by atoms with E-state index in [-0.39, 0.29) is 25.0 Å². The molecule has 4 aliphatic heterocycles. The van der Waals surface area contributed by atoms with Crippen LogP contribution in [0.1, 0.15) is 39.5 Å². The van der Waals surface area contributed by atoms with Crippen molar-refractivity contribution in [2.45, 2.75) is 61.1 Å². The lowest BCUT2D eigenvalue weighted by Crippen LogP contribution is -2.56. The second kappa shape index (κ2) is 10.1. The molecule has 1 N–H and O–H groups in total. The fraction of sp³-hybridized carbons (Fsp3) is 0.536. The molecule has 7 nitrogen and oxygen atoms in total. The first kappa shape index (κ1) is 26.3. The molecule has 4 heterocycles. The molecule has 0 saturated carbocycles. The molecule has 0 radical (unpaired) electrons. The van der Waals surface area contributed by atoms with Crippen LogP contribution in [0.4, 0.5) is 5.69 Å². The zero-order valence-corrected chi connectivity index (χ0v) is 22.7. The number of ether oxygens (including phenoxy) is 1. The fourth-order valence-corrected chi connectivity index (χ4v) is 8.81. The summed E-state index contributed by atoms with van der Waals surface area (Å²) < 4.78 is 3.97. The van der Waals surface area contributed by atoms with Crippen LogP contribution >= 0.6 is 23.4 Å². The first-order chi connectivity index (χ1) is 17.8. The molecule has 5 rings (SSSR count). The Morgan fingerprint density at radius 2 is 1.92 bits per heavy atom. The second-order valence-electron chi connectivity index (χ2n) is 10.4. The Morgan fingerprint density at radius 3 is 2.65 bits per heavy atom. The number of hydrogen-bond acceptors (Lipinski definition) is 6. The van der Waals surface area contributed by atoms with E-state index in [1.807, 2.05) is 38.1 Å². The van der Waals surface area contributed by atoms with Gasteiger partial charge in [0.15, 0.2) is 0 Å². The third kappa shape index (κ3) is 4.12. The lowest BCUT2D eigenvalue weighted by atomic mass is 9.74. The van der Waals surface area contributed by atoms with Crippen LogP contribution in [-0.4, -0.2) is 69.1 Å². The Labute approximate surface area is 226 Å². The number of thioether (sulfide) groups is 1. The van der Waals surface area contributed by atoms with Crippen molar-refractivity contribution in [2.24, 2.45) is 11.8 Å². The summed E-state index contributed by atoms with van der Waals surface area (Å²) in [5.74, 6) is -2.50. The van der Waals surface area contributed by atoms with Crippen LogP contribution in [0.15, 0.2) is 48.6 Å². The number of halogens is 1. The minimum Gasteiger partial charge on any atom is -0.465 e. The van der Waals surface area contributed by atoms with Gasteiger partial charge in [0.2, 0.25) is 5.91 Å². The first-order valence-electron chi connectivity index (χ1n) is 13.0. The molecule has 1 aromatic rings. The van der Waals surface area contributed by atoms with Crippen molar-refractivity contribution in [1.29, 1.82) is 0 Å². The molecule has 6 atom stereocenters. The molecule has 9 heteroatoms. The fourth-order valence-electron chi connectivity index (χ4n) is 6.43. The minimum atomic E-state index is -0.996. The Hall–Kier alpha value is -2.29. The van der Waals surface area contributed by atoms with Crippen LogP contribution in [0.25, 0.3) is 0 Å². The van der Waals surface area contributed by atoms with Gasteiger partial charge >= 0.3 is 5.97 Å². The number of hydrogen-bond donors (Lipinski definition) is 1. The van der Waals surface area contributed by atoms with E-state index in [2.05, 4.69) is 6.08 Å². The Morgan fingerprint density at radius 1 is 1.14 bits per heavy atom. The maximum Gasteiger partial charge on any atom is 0.311 e. The van der Waals surface area contributed by atoms with Crippen LogP contribution < -0.4 is 4.90 Å². The van der Waals surface area contributed by atoms with E-state index >= 15 is 0 Å². The molecule has 2 fully saturated rings. The predicted molar refractivity (Wildman–Crippen MR) is 144 cm³/mol. The van der Waals surface area contributed by atoms with Gasteiger partial charge < -0.3 is 19.6 Å². The van der Waals surface area contributed by atoms with E-state index in [1.165, 1.54) is 11.8 Å². The molecule has 0 bridgehead atoms. The maximum atomic E-state index is 14.5. The number of benzene rings is 1. The number of nitrogens with zero attached hydrogens (tertiary/aromatic N) is 2. The van der Waals surface area contributed by atoms with E-state index in [1.54, 1.807) is 28.0 Å². The predicted octanol–water partition coefficient (Wildman–Crippen LogP) is 3.98. The summed E-state index contributed by atoms with van der Waals surface area (Å²) in [6.07, 6.45) is 11.0. The maximum absolute atomic E-state index is 14.5. The normalized spacial score (nSPS) is 35.4. The van der Waals surface area contributed by atoms with Crippen molar-refractivity contribution in [3.05, 3.63) is 53.6 Å². The largest absolute Gasteiger partial charge is 0.465 e. The molecule has 198 valence electrons. The smallest absolute Gasteiger partial charge is 0.311 e. The van der Waals surface area contributed by atoms with E-state index in [0.29, 0.717) is 23.7 Å². The number of esters is 1. The number of para-hydroxylation sites is 1. The zero-order valence-electron chi connectivity index (χ0n) is 21.1. The summed E-state index contributed by atoms with van der Waals surface area (Å²) in [5.41, 5.74) is 0.566. The number of fused-ring (bicyclic) bond motifs is 2. The molecule has 1 unspecified atom stereocenters. The van der Waals surface area contributed by atoms with Gasteiger partial charge in [-0.3, -0.25) is 14.4 Å².